The zero-order chi connectivity index (χ0) is 16.1. The van der Waals surface area contributed by atoms with Crippen molar-refractivity contribution in [3.63, 3.8) is 0 Å². The van der Waals surface area contributed by atoms with E-state index in [0.717, 1.165) is 22.6 Å². The first-order valence-electron chi connectivity index (χ1n) is 7.61. The lowest BCUT2D eigenvalue weighted by Crippen LogP contribution is -2.32. The fraction of sp³-hybridized carbons (Fsp3) is 0.316. The van der Waals surface area contributed by atoms with Crippen molar-refractivity contribution >= 4 is 11.6 Å². The van der Waals surface area contributed by atoms with Gasteiger partial charge in [-0.3, -0.25) is 4.79 Å². The third-order valence-electron chi connectivity index (χ3n) is 3.74. The van der Waals surface area contributed by atoms with Crippen LogP contribution in [0.2, 0.25) is 0 Å². The normalized spacial score (nSPS) is 11.8. The van der Waals surface area contributed by atoms with Gasteiger partial charge in [-0.2, -0.15) is 0 Å². The van der Waals surface area contributed by atoms with E-state index >= 15 is 0 Å². The van der Waals surface area contributed by atoms with Gasteiger partial charge in [0.2, 0.25) is 0 Å². The van der Waals surface area contributed by atoms with Crippen LogP contribution in [-0.4, -0.2) is 12.0 Å². The quantitative estimate of drug-likeness (QED) is 0.888. The summed E-state index contributed by atoms with van der Waals surface area (Å²) >= 11 is 0. The number of carbonyl (C=O) groups is 1. The second kappa shape index (κ2) is 7.12. The first-order chi connectivity index (χ1) is 10.5. The second-order valence-electron chi connectivity index (χ2n) is 5.62. The number of anilines is 1. The second-order valence-corrected chi connectivity index (χ2v) is 5.62. The maximum atomic E-state index is 12.3. The Morgan fingerprint density at radius 3 is 2.32 bits per heavy atom. The number of benzene rings is 2. The minimum absolute atomic E-state index is 0.121. The summed E-state index contributed by atoms with van der Waals surface area (Å²) in [7, 11) is 0. The van der Waals surface area contributed by atoms with Crippen LogP contribution in [0.5, 0.6) is 5.75 Å². The van der Waals surface area contributed by atoms with Crippen LogP contribution in [0.3, 0.4) is 0 Å². The molecule has 2 rings (SSSR count). The van der Waals surface area contributed by atoms with Crippen molar-refractivity contribution in [1.82, 2.24) is 0 Å². The van der Waals surface area contributed by atoms with Crippen molar-refractivity contribution in [2.45, 2.75) is 40.2 Å². The highest BCUT2D eigenvalue weighted by atomic mass is 16.5. The van der Waals surface area contributed by atoms with E-state index in [9.17, 15) is 4.79 Å². The molecule has 0 aliphatic carbocycles. The molecule has 1 atom stereocenters. The summed E-state index contributed by atoms with van der Waals surface area (Å²) in [6.07, 6.45) is 0.119. The number of hydrogen-bond acceptors (Lipinski definition) is 2. The van der Waals surface area contributed by atoms with Gasteiger partial charge in [0, 0.05) is 5.69 Å². The Morgan fingerprint density at radius 1 is 1.05 bits per heavy atom. The molecule has 0 aromatic heterocycles. The Balaban J connectivity index is 2.05. The van der Waals surface area contributed by atoms with Crippen molar-refractivity contribution in [2.75, 3.05) is 5.32 Å². The van der Waals surface area contributed by atoms with Gasteiger partial charge < -0.3 is 10.1 Å². The number of ether oxygens (including phenoxy) is 1. The Kier molecular flexibility index (Phi) is 5.21. The molecule has 2 aromatic carbocycles. The average molecular weight is 297 g/mol. The molecule has 0 radical (unpaired) electrons. The van der Waals surface area contributed by atoms with E-state index in [2.05, 4.69) is 12.2 Å². The zero-order valence-electron chi connectivity index (χ0n) is 13.6. The summed E-state index contributed by atoms with van der Waals surface area (Å²) in [4.78, 5) is 12.3. The van der Waals surface area contributed by atoms with E-state index in [-0.39, 0.29) is 5.91 Å². The van der Waals surface area contributed by atoms with E-state index in [1.807, 2.05) is 63.2 Å². The zero-order valence-corrected chi connectivity index (χ0v) is 13.6. The molecule has 3 nitrogen and oxygen atoms in total. The molecule has 0 spiro atoms. The molecule has 22 heavy (non-hydrogen) atoms. The topological polar surface area (TPSA) is 38.3 Å². The maximum absolute atomic E-state index is 12.3. The van der Waals surface area contributed by atoms with Crippen molar-refractivity contribution in [1.29, 1.82) is 0 Å². The summed E-state index contributed by atoms with van der Waals surface area (Å²) in [6, 6.07) is 13.6. The molecule has 0 heterocycles. The van der Waals surface area contributed by atoms with E-state index in [1.54, 1.807) is 0 Å². The highest BCUT2D eigenvalue weighted by Gasteiger charge is 2.18. The third-order valence-corrected chi connectivity index (χ3v) is 3.74. The summed E-state index contributed by atoms with van der Waals surface area (Å²) in [5, 5.41) is 2.90. The lowest BCUT2D eigenvalue weighted by molar-refractivity contribution is -0.122. The van der Waals surface area contributed by atoms with Crippen LogP contribution in [0.25, 0.3) is 0 Å². The number of aryl methyl sites for hydroxylation is 3. The number of nitrogens with one attached hydrogen (secondary N) is 1. The fourth-order valence-corrected chi connectivity index (χ4v) is 2.13. The van der Waals surface area contributed by atoms with Crippen molar-refractivity contribution < 1.29 is 9.53 Å². The molecule has 0 fully saturated rings. The molecule has 1 amide bonds. The van der Waals surface area contributed by atoms with Gasteiger partial charge in [0.15, 0.2) is 6.10 Å². The van der Waals surface area contributed by atoms with E-state index in [0.29, 0.717) is 6.42 Å². The lowest BCUT2D eigenvalue weighted by atomic mass is 10.1. The van der Waals surface area contributed by atoms with Gasteiger partial charge >= 0.3 is 0 Å². The predicted molar refractivity (Wildman–Crippen MR) is 90.4 cm³/mol. The van der Waals surface area contributed by atoms with Crippen LogP contribution in [0.1, 0.15) is 30.0 Å². The van der Waals surface area contributed by atoms with Crippen LogP contribution in [0.15, 0.2) is 42.5 Å². The van der Waals surface area contributed by atoms with Crippen LogP contribution in [0, 0.1) is 20.8 Å². The Bertz CT molecular complexity index is 647. The third kappa shape index (κ3) is 4.10. The first kappa shape index (κ1) is 16.1. The van der Waals surface area contributed by atoms with Gasteiger partial charge in [-0.25, -0.2) is 0 Å². The predicted octanol–water partition coefficient (Wildman–Crippen LogP) is 4.41. The Morgan fingerprint density at radius 2 is 1.73 bits per heavy atom. The summed E-state index contributed by atoms with van der Waals surface area (Å²) in [6.45, 7) is 8.06. The van der Waals surface area contributed by atoms with Gasteiger partial charge in [0.25, 0.3) is 5.91 Å². The molecule has 0 unspecified atom stereocenters. The number of carbonyl (C=O) groups excluding carboxylic acids is 1. The van der Waals surface area contributed by atoms with E-state index in [4.69, 9.17) is 4.74 Å². The van der Waals surface area contributed by atoms with E-state index in [1.165, 1.54) is 5.56 Å². The SMILES string of the molecule is CC[C@@H](Oc1ccc(C)c(C)c1)C(=O)Nc1ccc(C)cc1. The Labute approximate surface area is 132 Å². The van der Waals surface area contributed by atoms with Crippen LogP contribution < -0.4 is 10.1 Å². The molecular formula is C19H23NO2. The number of rotatable bonds is 5. The molecule has 1 N–H and O–H groups in total. The first-order valence-corrected chi connectivity index (χ1v) is 7.61. The molecule has 0 aliphatic rings. The van der Waals surface area contributed by atoms with Crippen LogP contribution in [-0.2, 0) is 4.79 Å². The molecule has 0 saturated carbocycles. The molecule has 0 bridgehead atoms. The maximum Gasteiger partial charge on any atom is 0.265 e. The summed E-state index contributed by atoms with van der Waals surface area (Å²) < 4.78 is 5.85. The monoisotopic (exact) mass is 297 g/mol. The van der Waals surface area contributed by atoms with Gasteiger partial charge in [0.05, 0.1) is 0 Å². The van der Waals surface area contributed by atoms with Crippen molar-refractivity contribution in [3.05, 3.63) is 59.2 Å². The van der Waals surface area contributed by atoms with Crippen molar-refractivity contribution in [2.24, 2.45) is 0 Å². The van der Waals surface area contributed by atoms with Gasteiger partial charge in [-0.05, 0) is 62.6 Å². The van der Waals surface area contributed by atoms with Gasteiger partial charge in [0.1, 0.15) is 5.75 Å². The lowest BCUT2D eigenvalue weighted by Gasteiger charge is -2.18. The molecule has 2 aromatic rings. The highest BCUT2D eigenvalue weighted by molar-refractivity contribution is 5.94. The fourth-order valence-electron chi connectivity index (χ4n) is 2.13. The average Bonchev–Trinajstić information content (AvgIpc) is 2.50. The van der Waals surface area contributed by atoms with E-state index < -0.39 is 6.10 Å². The molecule has 0 aliphatic heterocycles. The van der Waals surface area contributed by atoms with Crippen LogP contribution >= 0.6 is 0 Å². The number of hydrogen-bond donors (Lipinski definition) is 1. The largest absolute Gasteiger partial charge is 0.481 e. The molecule has 116 valence electrons. The minimum Gasteiger partial charge on any atom is -0.481 e. The molecule has 3 heteroatoms. The summed E-state index contributed by atoms with van der Waals surface area (Å²) in [5.41, 5.74) is 4.32. The van der Waals surface area contributed by atoms with Crippen molar-refractivity contribution in [3.8, 4) is 5.75 Å². The minimum atomic E-state index is -0.497. The highest BCUT2D eigenvalue weighted by Crippen LogP contribution is 2.19. The van der Waals surface area contributed by atoms with Gasteiger partial charge in [-0.15, -0.1) is 0 Å². The van der Waals surface area contributed by atoms with Gasteiger partial charge in [-0.1, -0.05) is 30.7 Å². The summed E-state index contributed by atoms with van der Waals surface area (Å²) in [5.74, 6) is 0.610. The van der Waals surface area contributed by atoms with Crippen LogP contribution in [0.4, 0.5) is 5.69 Å². The Hall–Kier alpha value is -2.29. The number of amides is 1. The smallest absolute Gasteiger partial charge is 0.265 e. The molecule has 0 saturated heterocycles. The standard InChI is InChI=1S/C19H23NO2/c1-5-18(22-17-11-8-14(3)15(4)12-17)19(21)20-16-9-6-13(2)7-10-16/h6-12,18H,5H2,1-4H3,(H,20,21)/t18-/m1/s1. The molecular weight excluding hydrogens is 274 g/mol.